The van der Waals surface area contributed by atoms with Gasteiger partial charge in [-0.2, -0.15) is 0 Å². The SMILES string of the molecule is C=C(N=C(C)C(C)CC/C=C\CI)c1ccc2nc(C(/C=C(\C)c3ccc4c(c3)C3C=CC=CC3N4c3ccc4c(c3)N=C(c3ccccc3)C4)=C/C)sc2c1. The molecule has 3 heterocycles. The first kappa shape index (κ1) is 38.0. The van der Waals surface area contributed by atoms with Crippen LogP contribution in [0.25, 0.3) is 27.1 Å². The highest BCUT2D eigenvalue weighted by Crippen LogP contribution is 2.49. The molecule has 3 aliphatic rings. The topological polar surface area (TPSA) is 40.9 Å². The molecule has 2 aliphatic heterocycles. The van der Waals surface area contributed by atoms with Gasteiger partial charge < -0.3 is 4.90 Å². The van der Waals surface area contributed by atoms with Gasteiger partial charge in [0, 0.05) is 45.0 Å². The average Bonchev–Trinajstić information content (AvgIpc) is 3.94. The zero-order valence-electron chi connectivity index (χ0n) is 32.5. The molecular formula is C50H47IN4S. The van der Waals surface area contributed by atoms with E-state index in [0.29, 0.717) is 5.92 Å². The van der Waals surface area contributed by atoms with Crippen LogP contribution < -0.4 is 4.90 Å². The quantitative estimate of drug-likeness (QED) is 0.0412. The number of aromatic nitrogens is 1. The highest BCUT2D eigenvalue weighted by atomic mass is 127. The molecule has 3 atom stereocenters. The van der Waals surface area contributed by atoms with Crippen molar-refractivity contribution in [2.75, 3.05) is 9.33 Å². The maximum atomic E-state index is 5.10. The predicted octanol–water partition coefficient (Wildman–Crippen LogP) is 14.0. The van der Waals surface area contributed by atoms with Crippen LogP contribution in [-0.2, 0) is 6.42 Å². The fraction of sp³-hybridized carbons (Fsp3) is 0.220. The van der Waals surface area contributed by atoms with E-state index in [4.69, 9.17) is 15.0 Å². The van der Waals surface area contributed by atoms with E-state index in [2.05, 4.69) is 195 Å². The van der Waals surface area contributed by atoms with Crippen LogP contribution in [0.5, 0.6) is 0 Å². The molecule has 6 heteroatoms. The molecule has 0 saturated carbocycles. The molecule has 1 aromatic heterocycles. The fourth-order valence-corrected chi connectivity index (χ4v) is 9.35. The molecule has 0 saturated heterocycles. The molecule has 5 aromatic rings. The summed E-state index contributed by atoms with van der Waals surface area (Å²) in [4.78, 5) is 17.6. The van der Waals surface area contributed by atoms with E-state index in [-0.39, 0.29) is 12.0 Å². The summed E-state index contributed by atoms with van der Waals surface area (Å²) in [6.45, 7) is 13.0. The lowest BCUT2D eigenvalue weighted by Gasteiger charge is -2.29. The summed E-state index contributed by atoms with van der Waals surface area (Å²) in [6.07, 6.45) is 21.0. The van der Waals surface area contributed by atoms with Gasteiger partial charge in [-0.25, -0.2) is 4.98 Å². The largest absolute Gasteiger partial charge is 0.333 e. The number of allylic oxidation sites excluding steroid dienone is 8. The van der Waals surface area contributed by atoms with E-state index >= 15 is 0 Å². The van der Waals surface area contributed by atoms with E-state index in [1.165, 1.54) is 39.2 Å². The first-order valence-electron chi connectivity index (χ1n) is 19.6. The molecule has 0 radical (unpaired) electrons. The number of halogens is 1. The van der Waals surface area contributed by atoms with Crippen LogP contribution in [0.1, 0.15) is 79.3 Å². The van der Waals surface area contributed by atoms with Crippen molar-refractivity contribution in [1.82, 2.24) is 4.98 Å². The zero-order valence-corrected chi connectivity index (χ0v) is 35.5. The van der Waals surface area contributed by atoms with Gasteiger partial charge in [0.15, 0.2) is 0 Å². The number of hydrogen-bond donors (Lipinski definition) is 0. The Hall–Kier alpha value is -4.92. The van der Waals surface area contributed by atoms with Crippen molar-refractivity contribution >= 4 is 89.5 Å². The number of fused-ring (bicyclic) bond motifs is 5. The molecule has 0 bridgehead atoms. The van der Waals surface area contributed by atoms with E-state index < -0.39 is 0 Å². The van der Waals surface area contributed by atoms with Crippen molar-refractivity contribution in [3.05, 3.63) is 173 Å². The number of rotatable bonds is 12. The minimum absolute atomic E-state index is 0.215. The normalized spacial score (nSPS) is 18.4. The Morgan fingerprint density at radius 1 is 0.982 bits per heavy atom. The lowest BCUT2D eigenvalue weighted by molar-refractivity contribution is 0.691. The standard InChI is InChI=1S/C50H47IN4S/c1-6-36(50-54-44-24-21-39(30-49(44)56-50)35(5)52-34(4)32(2)15-9-8-14-26-51)27-33(3)38-22-25-48-43(28-38)42-18-12-13-19-47(42)55(48)41-23-20-40-29-45(53-46(40)31-41)37-16-10-7-11-17-37/h6-8,10-14,16-25,27-28,30-32,42,47H,5,9,15,26,29H2,1-4H3/b14-8-,33-27+,36-6+,52-34?. The van der Waals surface area contributed by atoms with Crippen LogP contribution in [0.3, 0.4) is 0 Å². The summed E-state index contributed by atoms with van der Waals surface area (Å²) < 4.78 is 2.20. The minimum atomic E-state index is 0.215. The molecule has 3 unspecified atom stereocenters. The average molecular weight is 863 g/mol. The fourth-order valence-electron chi connectivity index (χ4n) is 7.94. The molecule has 280 valence electrons. The molecule has 56 heavy (non-hydrogen) atoms. The van der Waals surface area contributed by atoms with Crippen molar-refractivity contribution in [1.29, 1.82) is 0 Å². The van der Waals surface area contributed by atoms with Crippen LogP contribution in [0, 0.1) is 5.92 Å². The number of thiazole rings is 1. The highest BCUT2D eigenvalue weighted by Gasteiger charge is 2.38. The Kier molecular flexibility index (Phi) is 11.3. The van der Waals surface area contributed by atoms with Gasteiger partial charge in [0.25, 0.3) is 0 Å². The van der Waals surface area contributed by atoms with Crippen molar-refractivity contribution in [3.8, 4) is 0 Å². The molecule has 1 aliphatic carbocycles. The third kappa shape index (κ3) is 7.74. The Balaban J connectivity index is 1.03. The first-order chi connectivity index (χ1) is 27.3. The number of alkyl halides is 1. The predicted molar refractivity (Wildman–Crippen MR) is 252 cm³/mol. The summed E-state index contributed by atoms with van der Waals surface area (Å²) in [5.74, 6) is 0.681. The maximum absolute atomic E-state index is 5.10. The molecule has 8 rings (SSSR count). The van der Waals surface area contributed by atoms with Crippen LogP contribution in [-0.4, -0.2) is 26.9 Å². The summed E-state index contributed by atoms with van der Waals surface area (Å²) in [7, 11) is 0. The van der Waals surface area contributed by atoms with Gasteiger partial charge in [-0.3, -0.25) is 9.98 Å². The van der Waals surface area contributed by atoms with Crippen molar-refractivity contribution in [2.45, 2.75) is 58.9 Å². The molecule has 0 spiro atoms. The highest BCUT2D eigenvalue weighted by molar-refractivity contribution is 14.1. The number of benzene rings is 4. The lowest BCUT2D eigenvalue weighted by atomic mass is 9.89. The van der Waals surface area contributed by atoms with Gasteiger partial charge in [0.05, 0.1) is 33.4 Å². The van der Waals surface area contributed by atoms with Gasteiger partial charge in [-0.1, -0.05) is 127 Å². The molecule has 4 aromatic carbocycles. The smallest absolute Gasteiger partial charge is 0.124 e. The second-order valence-corrected chi connectivity index (χ2v) is 16.8. The van der Waals surface area contributed by atoms with Crippen molar-refractivity contribution < 1.29 is 0 Å². The van der Waals surface area contributed by atoms with E-state index in [0.717, 1.165) is 72.9 Å². The Labute approximate surface area is 349 Å². The van der Waals surface area contributed by atoms with Crippen LogP contribution in [0.15, 0.2) is 150 Å². The number of nitrogens with zero attached hydrogens (tertiary/aromatic N) is 4. The number of aliphatic imine (C=N–C) groups is 2. The van der Waals surface area contributed by atoms with E-state index in [1.54, 1.807) is 11.3 Å². The zero-order chi connectivity index (χ0) is 38.8. The second-order valence-electron chi connectivity index (χ2n) is 14.9. The van der Waals surface area contributed by atoms with Gasteiger partial charge in [-0.05, 0) is 110 Å². The molecule has 0 amide bonds. The number of hydrogen-bond acceptors (Lipinski definition) is 5. The van der Waals surface area contributed by atoms with Gasteiger partial charge in [0.1, 0.15) is 5.01 Å². The van der Waals surface area contributed by atoms with Crippen LogP contribution in [0.2, 0.25) is 0 Å². The van der Waals surface area contributed by atoms with Gasteiger partial charge >= 0.3 is 0 Å². The Bertz CT molecular complexity index is 2530. The summed E-state index contributed by atoms with van der Waals surface area (Å²) in [5.41, 5.74) is 16.0. The molecular weight excluding hydrogens is 816 g/mol. The van der Waals surface area contributed by atoms with Gasteiger partial charge in [-0.15, -0.1) is 11.3 Å². The molecule has 4 nitrogen and oxygen atoms in total. The molecule has 0 N–H and O–H groups in total. The summed E-state index contributed by atoms with van der Waals surface area (Å²) >= 11 is 4.10. The van der Waals surface area contributed by atoms with Gasteiger partial charge in [0.2, 0.25) is 0 Å². The molecule has 0 fully saturated rings. The van der Waals surface area contributed by atoms with Crippen molar-refractivity contribution in [3.63, 3.8) is 0 Å². The third-order valence-corrected chi connectivity index (χ3v) is 12.8. The summed E-state index contributed by atoms with van der Waals surface area (Å²) in [6, 6.07) is 31.0. The van der Waals surface area contributed by atoms with Crippen molar-refractivity contribution in [2.24, 2.45) is 15.9 Å². The van der Waals surface area contributed by atoms with E-state index in [9.17, 15) is 0 Å². The second kappa shape index (κ2) is 16.7. The third-order valence-electron chi connectivity index (χ3n) is 11.3. The Morgan fingerprint density at radius 2 is 1.80 bits per heavy atom. The Morgan fingerprint density at radius 3 is 2.62 bits per heavy atom. The summed E-state index contributed by atoms with van der Waals surface area (Å²) in [5, 5.41) is 1.01. The van der Waals surface area contributed by atoms with Crippen LogP contribution in [0.4, 0.5) is 17.1 Å². The lowest BCUT2D eigenvalue weighted by Crippen LogP contribution is -2.28. The minimum Gasteiger partial charge on any atom is -0.333 e. The maximum Gasteiger partial charge on any atom is 0.124 e. The van der Waals surface area contributed by atoms with E-state index in [1.807, 2.05) is 0 Å². The number of anilines is 2. The van der Waals surface area contributed by atoms with Crippen LogP contribution >= 0.6 is 33.9 Å². The first-order valence-corrected chi connectivity index (χ1v) is 21.9. The monoisotopic (exact) mass is 862 g/mol.